The Morgan fingerprint density at radius 2 is 1.60 bits per heavy atom. The number of aliphatic imine (C=N–C) groups is 1. The number of benzene rings is 1. The molecule has 0 aliphatic carbocycles. The molecule has 0 aromatic heterocycles. The Hall–Kier alpha value is -3.63. The largest absolute Gasteiger partial charge is 0.467 e. The number of hydrogen-bond donors (Lipinski definition) is 5. The maximum absolute atomic E-state index is 12.7. The third kappa shape index (κ3) is 12.4. The molecule has 194 valence electrons. The van der Waals surface area contributed by atoms with Gasteiger partial charge in [-0.15, -0.1) is 0 Å². The number of guanidine groups is 1. The van der Waals surface area contributed by atoms with E-state index in [9.17, 15) is 19.2 Å². The number of amides is 3. The molecule has 1 rings (SSSR count). The minimum atomic E-state index is -0.950. The first-order valence-electron chi connectivity index (χ1n) is 11.7. The molecule has 11 nitrogen and oxygen atoms in total. The Morgan fingerprint density at radius 3 is 2.23 bits per heavy atom. The summed E-state index contributed by atoms with van der Waals surface area (Å²) in [6.45, 7) is 3.29. The van der Waals surface area contributed by atoms with Gasteiger partial charge in [0.05, 0.1) is 7.11 Å². The summed E-state index contributed by atoms with van der Waals surface area (Å²) in [6, 6.07) is 7.32. The Bertz CT molecular complexity index is 857. The van der Waals surface area contributed by atoms with Gasteiger partial charge in [0.2, 0.25) is 17.7 Å². The molecule has 0 saturated heterocycles. The summed E-state index contributed by atoms with van der Waals surface area (Å²) in [4.78, 5) is 53.1. The highest BCUT2D eigenvalue weighted by atomic mass is 16.5. The van der Waals surface area contributed by atoms with Crippen LogP contribution in [0.3, 0.4) is 0 Å². The van der Waals surface area contributed by atoms with Crippen molar-refractivity contribution in [3.05, 3.63) is 35.9 Å². The molecule has 0 unspecified atom stereocenters. The molecule has 7 N–H and O–H groups in total. The van der Waals surface area contributed by atoms with Gasteiger partial charge in [0.15, 0.2) is 5.96 Å². The van der Waals surface area contributed by atoms with Gasteiger partial charge in [-0.25, -0.2) is 4.79 Å². The molecule has 35 heavy (non-hydrogen) atoms. The minimum Gasteiger partial charge on any atom is -0.467 e. The fraction of sp³-hybridized carbons (Fsp3) is 0.542. The van der Waals surface area contributed by atoms with Gasteiger partial charge in [0, 0.05) is 13.0 Å². The fourth-order valence-corrected chi connectivity index (χ4v) is 3.26. The molecule has 0 aliphatic rings. The predicted molar refractivity (Wildman–Crippen MR) is 133 cm³/mol. The highest BCUT2D eigenvalue weighted by Gasteiger charge is 2.26. The number of hydrogen-bond acceptors (Lipinski definition) is 6. The molecule has 0 aliphatic heterocycles. The van der Waals surface area contributed by atoms with E-state index in [0.717, 1.165) is 12.8 Å². The maximum Gasteiger partial charge on any atom is 0.328 e. The molecule has 0 bridgehead atoms. The van der Waals surface area contributed by atoms with Crippen molar-refractivity contribution in [1.82, 2.24) is 16.0 Å². The lowest BCUT2D eigenvalue weighted by atomic mass is 10.1. The second-order valence-electron chi connectivity index (χ2n) is 8.25. The zero-order valence-corrected chi connectivity index (χ0v) is 20.7. The summed E-state index contributed by atoms with van der Waals surface area (Å²) in [6.07, 6.45) is 3.35. The van der Waals surface area contributed by atoms with Crippen LogP contribution in [0.5, 0.6) is 0 Å². The lowest BCUT2D eigenvalue weighted by molar-refractivity contribution is -0.144. The SMILES string of the molecule is COC(=O)[C@H](C)NC(=O)[C@H](CCCN=C(N)N)NC(=O)[C@H](C)NC(=O)CCCCc1ccccc1. The first kappa shape index (κ1) is 29.4. The van der Waals surface area contributed by atoms with Gasteiger partial charge in [-0.05, 0) is 51.5 Å². The van der Waals surface area contributed by atoms with Gasteiger partial charge in [0.25, 0.3) is 0 Å². The number of carbonyl (C=O) groups excluding carboxylic acids is 4. The lowest BCUT2D eigenvalue weighted by Crippen LogP contribution is -2.54. The molecular weight excluding hydrogens is 452 g/mol. The van der Waals surface area contributed by atoms with Crippen molar-refractivity contribution in [3.8, 4) is 0 Å². The molecule has 11 heteroatoms. The van der Waals surface area contributed by atoms with E-state index in [-0.39, 0.29) is 24.8 Å². The van der Waals surface area contributed by atoms with Crippen LogP contribution in [0.2, 0.25) is 0 Å². The fourth-order valence-electron chi connectivity index (χ4n) is 3.26. The van der Waals surface area contributed by atoms with Gasteiger partial charge >= 0.3 is 5.97 Å². The van der Waals surface area contributed by atoms with Crippen molar-refractivity contribution in [1.29, 1.82) is 0 Å². The smallest absolute Gasteiger partial charge is 0.328 e. The lowest BCUT2D eigenvalue weighted by Gasteiger charge is -2.22. The van der Waals surface area contributed by atoms with Crippen LogP contribution in [0.4, 0.5) is 0 Å². The second-order valence-corrected chi connectivity index (χ2v) is 8.25. The Morgan fingerprint density at radius 1 is 0.914 bits per heavy atom. The molecule has 0 spiro atoms. The van der Waals surface area contributed by atoms with E-state index in [0.29, 0.717) is 19.3 Å². The number of methoxy groups -OCH3 is 1. The molecule has 1 aromatic rings. The number of nitrogens with two attached hydrogens (primary N) is 2. The first-order chi connectivity index (χ1) is 16.6. The van der Waals surface area contributed by atoms with Crippen LogP contribution < -0.4 is 27.4 Å². The van der Waals surface area contributed by atoms with Crippen molar-refractivity contribution in [2.24, 2.45) is 16.5 Å². The van der Waals surface area contributed by atoms with Crippen LogP contribution in [0.1, 0.15) is 51.5 Å². The molecule has 0 saturated carbocycles. The molecule has 1 aromatic carbocycles. The van der Waals surface area contributed by atoms with Gasteiger partial charge in [-0.1, -0.05) is 30.3 Å². The van der Waals surface area contributed by atoms with E-state index < -0.39 is 35.9 Å². The number of nitrogens with zero attached hydrogens (tertiary/aromatic N) is 1. The van der Waals surface area contributed by atoms with Crippen LogP contribution in [0.25, 0.3) is 0 Å². The van der Waals surface area contributed by atoms with Gasteiger partial charge in [-0.2, -0.15) is 0 Å². The van der Waals surface area contributed by atoms with Crippen molar-refractivity contribution < 1.29 is 23.9 Å². The zero-order chi connectivity index (χ0) is 26.2. The standard InChI is InChI=1S/C24H38N6O5/c1-16(28-20(31)14-8-7-12-18-10-5-4-6-11-18)21(32)30-19(13-9-15-27-24(25)26)22(33)29-17(2)23(34)35-3/h4-6,10-11,16-17,19H,7-9,12-15H2,1-3H3,(H,28,31)(H,29,33)(H,30,32)(H4,25,26,27)/t16-,17-,19-/m0/s1. The average molecular weight is 491 g/mol. The monoisotopic (exact) mass is 490 g/mol. The van der Waals surface area contributed by atoms with Gasteiger partial charge in [-0.3, -0.25) is 19.4 Å². The minimum absolute atomic E-state index is 0.0746. The van der Waals surface area contributed by atoms with Crippen molar-refractivity contribution >= 4 is 29.7 Å². The quantitative estimate of drug-likeness (QED) is 0.100. The second kappa shape index (κ2) is 16.1. The van der Waals surface area contributed by atoms with Crippen molar-refractivity contribution in [2.75, 3.05) is 13.7 Å². The third-order valence-corrected chi connectivity index (χ3v) is 5.22. The Balaban J connectivity index is 2.56. The summed E-state index contributed by atoms with van der Waals surface area (Å²) in [5.74, 6) is -2.00. The number of nitrogens with one attached hydrogen (secondary N) is 3. The first-order valence-corrected chi connectivity index (χ1v) is 11.7. The number of unbranched alkanes of at least 4 members (excludes halogenated alkanes) is 1. The molecule has 3 amide bonds. The third-order valence-electron chi connectivity index (χ3n) is 5.22. The molecule has 0 fully saturated rings. The number of aryl methyl sites for hydroxylation is 1. The zero-order valence-electron chi connectivity index (χ0n) is 20.7. The normalized spacial score (nSPS) is 13.0. The number of esters is 1. The van der Waals surface area contributed by atoms with E-state index in [2.05, 4.69) is 25.7 Å². The van der Waals surface area contributed by atoms with E-state index >= 15 is 0 Å². The number of ether oxygens (including phenoxy) is 1. The summed E-state index contributed by atoms with van der Waals surface area (Å²) in [5, 5.41) is 7.81. The van der Waals surface area contributed by atoms with Crippen LogP contribution in [-0.2, 0) is 30.3 Å². The number of rotatable bonds is 15. The van der Waals surface area contributed by atoms with E-state index in [4.69, 9.17) is 11.5 Å². The Labute approximate surface area is 206 Å². The molecular formula is C24H38N6O5. The van der Waals surface area contributed by atoms with Crippen molar-refractivity contribution in [2.45, 2.75) is 70.5 Å². The van der Waals surface area contributed by atoms with Crippen LogP contribution in [-0.4, -0.2) is 61.4 Å². The summed E-state index contributed by atoms with van der Waals surface area (Å²) < 4.78 is 4.61. The topological polar surface area (TPSA) is 178 Å². The van der Waals surface area contributed by atoms with E-state index in [1.54, 1.807) is 6.92 Å². The predicted octanol–water partition coefficient (Wildman–Crippen LogP) is 0.120. The summed E-state index contributed by atoms with van der Waals surface area (Å²) in [7, 11) is 1.21. The molecule has 0 heterocycles. The average Bonchev–Trinajstić information content (AvgIpc) is 2.83. The van der Waals surface area contributed by atoms with E-state index in [1.807, 2.05) is 30.3 Å². The number of carbonyl (C=O) groups is 4. The van der Waals surface area contributed by atoms with Crippen molar-refractivity contribution in [3.63, 3.8) is 0 Å². The van der Waals surface area contributed by atoms with Crippen LogP contribution >= 0.6 is 0 Å². The van der Waals surface area contributed by atoms with Gasteiger partial charge < -0.3 is 32.2 Å². The van der Waals surface area contributed by atoms with Crippen LogP contribution in [0.15, 0.2) is 35.3 Å². The molecule has 3 atom stereocenters. The van der Waals surface area contributed by atoms with E-state index in [1.165, 1.54) is 19.6 Å². The highest BCUT2D eigenvalue weighted by Crippen LogP contribution is 2.06. The van der Waals surface area contributed by atoms with Crippen LogP contribution in [0, 0.1) is 0 Å². The summed E-state index contributed by atoms with van der Waals surface area (Å²) in [5.41, 5.74) is 11.8. The molecule has 0 radical (unpaired) electrons. The maximum atomic E-state index is 12.7. The highest BCUT2D eigenvalue weighted by molar-refractivity contribution is 5.93. The Kier molecular flexibility index (Phi) is 13.5. The summed E-state index contributed by atoms with van der Waals surface area (Å²) >= 11 is 0. The van der Waals surface area contributed by atoms with Gasteiger partial charge in [0.1, 0.15) is 18.1 Å².